The molecule has 0 aliphatic heterocycles. The van der Waals surface area contributed by atoms with E-state index in [2.05, 4.69) is 0 Å². The van der Waals surface area contributed by atoms with Gasteiger partial charge in [0.25, 0.3) is 6.43 Å². The third-order valence-electron chi connectivity index (χ3n) is 2.73. The second kappa shape index (κ2) is 5.81. The molecule has 0 heterocycles. The molecule has 0 radical (unpaired) electrons. The van der Waals surface area contributed by atoms with Gasteiger partial charge in [-0.05, 0) is 47.5 Å². The smallest absolute Gasteiger partial charge is 0.205 e. The molecule has 0 atom stereocenters. The molecule has 0 aromatic heterocycles. The number of halogens is 7. The van der Waals surface area contributed by atoms with Gasteiger partial charge in [0, 0.05) is 15.6 Å². The van der Waals surface area contributed by atoms with Gasteiger partial charge in [-0.1, -0.05) is 23.2 Å². The van der Waals surface area contributed by atoms with Crippen LogP contribution in [-0.4, -0.2) is 0 Å². The fourth-order valence-corrected chi connectivity index (χ4v) is 2.35. The third-order valence-corrected chi connectivity index (χ3v) is 3.17. The van der Waals surface area contributed by atoms with Crippen LogP contribution in [0.25, 0.3) is 11.1 Å². The third kappa shape index (κ3) is 3.86. The maximum Gasteiger partial charge on any atom is 0.416 e. The van der Waals surface area contributed by atoms with Crippen molar-refractivity contribution in [3.8, 4) is 11.1 Å². The summed E-state index contributed by atoms with van der Waals surface area (Å²) in [5.41, 5.74) is -1.65. The number of benzene rings is 2. The predicted molar refractivity (Wildman–Crippen MR) is 71.9 cm³/mol. The number of hydrogen-bond acceptors (Lipinski definition) is 0. The lowest BCUT2D eigenvalue weighted by atomic mass is 9.99. The van der Waals surface area contributed by atoms with Crippen LogP contribution in [0.2, 0.25) is 10.0 Å². The summed E-state index contributed by atoms with van der Waals surface area (Å²) in [5, 5.41) is 0.405. The van der Waals surface area contributed by atoms with Crippen molar-refractivity contribution in [3.63, 3.8) is 0 Å². The molecule has 2 aromatic carbocycles. The summed E-state index contributed by atoms with van der Waals surface area (Å²) >= 11 is 11.6. The molecule has 0 N–H and O–H groups in total. The fourth-order valence-electron chi connectivity index (χ4n) is 1.83. The van der Waals surface area contributed by atoms with Crippen molar-refractivity contribution in [1.82, 2.24) is 0 Å². The summed E-state index contributed by atoms with van der Waals surface area (Å²) < 4.78 is 63.9. The second-order valence-electron chi connectivity index (χ2n) is 4.30. The Morgan fingerprint density at radius 3 is 1.76 bits per heavy atom. The highest BCUT2D eigenvalue weighted by Crippen LogP contribution is 2.37. The van der Waals surface area contributed by atoms with E-state index in [4.69, 9.17) is 23.2 Å². The van der Waals surface area contributed by atoms with Crippen LogP contribution in [0.4, 0.5) is 22.0 Å². The number of alkyl halides is 5. The van der Waals surface area contributed by atoms with Crippen LogP contribution in [-0.2, 0) is 6.18 Å². The van der Waals surface area contributed by atoms with Crippen LogP contribution in [0, 0.1) is 0 Å². The van der Waals surface area contributed by atoms with Crippen molar-refractivity contribution in [2.24, 2.45) is 0 Å². The van der Waals surface area contributed by atoms with E-state index in [0.717, 1.165) is 12.1 Å². The summed E-state index contributed by atoms with van der Waals surface area (Å²) in [6.07, 6.45) is -7.73. The molecule has 0 fully saturated rings. The Labute approximate surface area is 127 Å². The molecule has 0 spiro atoms. The minimum atomic E-state index is -4.72. The molecular weight excluding hydrogens is 334 g/mol. The van der Waals surface area contributed by atoms with E-state index < -0.39 is 23.7 Å². The van der Waals surface area contributed by atoms with Gasteiger partial charge in [0.2, 0.25) is 0 Å². The highest BCUT2D eigenvalue weighted by atomic mass is 35.5. The summed E-state index contributed by atoms with van der Waals surface area (Å²) in [7, 11) is 0. The quantitative estimate of drug-likeness (QED) is 0.539. The standard InChI is InChI=1S/C14H7Cl2F5/c15-11-4-8(5-12(16)6-11)7-1-9(13(17)18)3-10(2-7)14(19,20)21/h1-6,13H. The minimum Gasteiger partial charge on any atom is -0.205 e. The van der Waals surface area contributed by atoms with Gasteiger partial charge in [-0.25, -0.2) is 8.78 Å². The predicted octanol–water partition coefficient (Wildman–Crippen LogP) is 6.62. The summed E-state index contributed by atoms with van der Waals surface area (Å²) in [6.45, 7) is 0. The SMILES string of the molecule is FC(F)c1cc(-c2cc(Cl)cc(Cl)c2)cc(C(F)(F)F)c1. The molecule has 0 unspecified atom stereocenters. The Balaban J connectivity index is 2.65. The van der Waals surface area contributed by atoms with E-state index >= 15 is 0 Å². The lowest BCUT2D eigenvalue weighted by molar-refractivity contribution is -0.137. The van der Waals surface area contributed by atoms with Gasteiger partial charge in [0.15, 0.2) is 0 Å². The molecule has 0 saturated carbocycles. The second-order valence-corrected chi connectivity index (χ2v) is 5.17. The maximum absolute atomic E-state index is 12.8. The zero-order valence-electron chi connectivity index (χ0n) is 10.2. The van der Waals surface area contributed by atoms with Gasteiger partial charge < -0.3 is 0 Å². The molecule has 0 nitrogen and oxygen atoms in total. The fraction of sp³-hybridized carbons (Fsp3) is 0.143. The molecule has 0 amide bonds. The Morgan fingerprint density at radius 2 is 1.29 bits per heavy atom. The first-order chi connectivity index (χ1) is 9.66. The molecular formula is C14H7Cl2F5. The summed E-state index contributed by atoms with van der Waals surface area (Å²) in [5.74, 6) is 0. The van der Waals surface area contributed by atoms with Gasteiger partial charge in [0.1, 0.15) is 0 Å². The molecule has 0 aliphatic rings. The Bertz CT molecular complexity index is 645. The highest BCUT2D eigenvalue weighted by molar-refractivity contribution is 6.35. The first-order valence-electron chi connectivity index (χ1n) is 5.63. The van der Waals surface area contributed by atoms with Gasteiger partial charge in [-0.3, -0.25) is 0 Å². The summed E-state index contributed by atoms with van der Waals surface area (Å²) in [4.78, 5) is 0. The van der Waals surface area contributed by atoms with Gasteiger partial charge >= 0.3 is 6.18 Å². The first-order valence-corrected chi connectivity index (χ1v) is 6.39. The maximum atomic E-state index is 12.8. The number of rotatable bonds is 2. The molecule has 7 heteroatoms. The van der Waals surface area contributed by atoms with Crippen LogP contribution in [0.5, 0.6) is 0 Å². The van der Waals surface area contributed by atoms with E-state index in [-0.39, 0.29) is 21.2 Å². The topological polar surface area (TPSA) is 0 Å². The molecule has 0 bridgehead atoms. The monoisotopic (exact) mass is 340 g/mol. The Hall–Kier alpha value is -1.33. The lowest BCUT2D eigenvalue weighted by Gasteiger charge is -2.12. The van der Waals surface area contributed by atoms with Crippen LogP contribution in [0.1, 0.15) is 17.6 Å². The minimum absolute atomic E-state index is 0.0236. The Kier molecular flexibility index (Phi) is 4.44. The van der Waals surface area contributed by atoms with E-state index in [9.17, 15) is 22.0 Å². The normalized spacial score (nSPS) is 12.0. The first kappa shape index (κ1) is 16.0. The van der Waals surface area contributed by atoms with Crippen LogP contribution in [0.3, 0.4) is 0 Å². The van der Waals surface area contributed by atoms with Crippen molar-refractivity contribution >= 4 is 23.2 Å². The van der Waals surface area contributed by atoms with Crippen LogP contribution >= 0.6 is 23.2 Å². The van der Waals surface area contributed by atoms with Gasteiger partial charge in [0.05, 0.1) is 5.56 Å². The molecule has 2 rings (SSSR count). The highest BCUT2D eigenvalue weighted by Gasteiger charge is 2.32. The zero-order chi connectivity index (χ0) is 15.8. The van der Waals surface area contributed by atoms with Crippen molar-refractivity contribution < 1.29 is 22.0 Å². The van der Waals surface area contributed by atoms with Crippen LogP contribution in [0.15, 0.2) is 36.4 Å². The average molecular weight is 341 g/mol. The van der Waals surface area contributed by atoms with E-state index in [0.29, 0.717) is 6.07 Å². The summed E-state index contributed by atoms with van der Waals surface area (Å²) in [6, 6.07) is 6.32. The molecule has 112 valence electrons. The van der Waals surface area contributed by atoms with Crippen LogP contribution < -0.4 is 0 Å². The average Bonchev–Trinajstić information content (AvgIpc) is 2.36. The van der Waals surface area contributed by atoms with Crippen molar-refractivity contribution in [1.29, 1.82) is 0 Å². The number of hydrogen-bond donors (Lipinski definition) is 0. The molecule has 21 heavy (non-hydrogen) atoms. The van der Waals surface area contributed by atoms with Crippen molar-refractivity contribution in [3.05, 3.63) is 57.6 Å². The molecule has 2 aromatic rings. The molecule has 0 saturated heterocycles. The van der Waals surface area contributed by atoms with Gasteiger partial charge in [-0.2, -0.15) is 13.2 Å². The van der Waals surface area contributed by atoms with Crippen molar-refractivity contribution in [2.75, 3.05) is 0 Å². The largest absolute Gasteiger partial charge is 0.416 e. The zero-order valence-corrected chi connectivity index (χ0v) is 11.7. The van der Waals surface area contributed by atoms with E-state index in [1.54, 1.807) is 0 Å². The van der Waals surface area contributed by atoms with E-state index in [1.807, 2.05) is 0 Å². The van der Waals surface area contributed by atoms with E-state index in [1.165, 1.54) is 18.2 Å². The molecule has 0 aliphatic carbocycles. The Morgan fingerprint density at radius 1 is 0.762 bits per heavy atom. The lowest BCUT2D eigenvalue weighted by Crippen LogP contribution is -2.06. The van der Waals surface area contributed by atoms with Gasteiger partial charge in [-0.15, -0.1) is 0 Å². The van der Waals surface area contributed by atoms with Crippen molar-refractivity contribution in [2.45, 2.75) is 12.6 Å².